The highest BCUT2D eigenvalue weighted by molar-refractivity contribution is 7.17. The van der Waals surface area contributed by atoms with E-state index in [0.29, 0.717) is 6.42 Å². The number of benzene rings is 1. The fourth-order valence-electron chi connectivity index (χ4n) is 1.40. The number of aldehydes is 1. The molecule has 1 heterocycles. The van der Waals surface area contributed by atoms with Gasteiger partial charge >= 0.3 is 0 Å². The van der Waals surface area contributed by atoms with Crippen LogP contribution in [0.3, 0.4) is 0 Å². The normalized spacial score (nSPS) is 11.1. The summed E-state index contributed by atoms with van der Waals surface area (Å²) in [5.74, 6) is 0. The number of allylic oxidation sites excluding steroid dienone is 1. The minimum Gasteiger partial charge on any atom is -0.303 e. The summed E-state index contributed by atoms with van der Waals surface area (Å²) in [7, 11) is 0. The monoisotopic (exact) mass is 202 g/mol. The van der Waals surface area contributed by atoms with Crippen molar-refractivity contribution in [1.29, 1.82) is 0 Å². The molecule has 1 aromatic carbocycles. The van der Waals surface area contributed by atoms with Crippen molar-refractivity contribution >= 4 is 33.8 Å². The number of rotatable bonds is 3. The highest BCUT2D eigenvalue weighted by atomic mass is 32.1. The third kappa shape index (κ3) is 1.75. The fraction of sp³-hybridized carbons (Fsp3) is 0.0833. The summed E-state index contributed by atoms with van der Waals surface area (Å²) in [6.07, 6.45) is 5.29. The van der Waals surface area contributed by atoms with Gasteiger partial charge in [-0.2, -0.15) is 0 Å². The molecule has 2 aromatic rings. The van der Waals surface area contributed by atoms with Crippen molar-refractivity contribution < 1.29 is 4.79 Å². The predicted octanol–water partition coefficient (Wildman–Crippen LogP) is 3.50. The van der Waals surface area contributed by atoms with E-state index >= 15 is 0 Å². The number of fused-ring (bicyclic) bond motifs is 1. The largest absolute Gasteiger partial charge is 0.303 e. The molecule has 0 fully saturated rings. The van der Waals surface area contributed by atoms with Crippen molar-refractivity contribution in [2.75, 3.05) is 0 Å². The van der Waals surface area contributed by atoms with Crippen molar-refractivity contribution in [2.45, 2.75) is 6.42 Å². The maximum Gasteiger partial charge on any atom is 0.123 e. The quantitative estimate of drug-likeness (QED) is 0.696. The van der Waals surface area contributed by atoms with Crippen LogP contribution in [0.4, 0.5) is 0 Å². The zero-order valence-electron chi connectivity index (χ0n) is 7.64. The Morgan fingerprint density at radius 3 is 3.07 bits per heavy atom. The van der Waals surface area contributed by atoms with Gasteiger partial charge in [-0.1, -0.05) is 30.4 Å². The summed E-state index contributed by atoms with van der Waals surface area (Å²) < 4.78 is 1.29. The van der Waals surface area contributed by atoms with Crippen LogP contribution in [0.2, 0.25) is 0 Å². The molecule has 0 bridgehead atoms. The Kier molecular flexibility index (Phi) is 2.75. The lowest BCUT2D eigenvalue weighted by atomic mass is 10.1. The van der Waals surface area contributed by atoms with Crippen LogP contribution >= 0.6 is 11.3 Å². The Morgan fingerprint density at radius 2 is 2.21 bits per heavy atom. The van der Waals surface area contributed by atoms with Crippen molar-refractivity contribution in [3.05, 3.63) is 41.3 Å². The van der Waals surface area contributed by atoms with Gasteiger partial charge in [0, 0.05) is 11.1 Å². The lowest BCUT2D eigenvalue weighted by Crippen LogP contribution is -1.72. The molecule has 0 unspecified atom stereocenters. The molecule has 0 aliphatic rings. The van der Waals surface area contributed by atoms with Crippen LogP contribution < -0.4 is 0 Å². The third-order valence-electron chi connectivity index (χ3n) is 2.04. The van der Waals surface area contributed by atoms with E-state index in [1.54, 1.807) is 11.3 Å². The zero-order valence-corrected chi connectivity index (χ0v) is 8.46. The molecule has 0 saturated carbocycles. The van der Waals surface area contributed by atoms with Gasteiger partial charge in [0.2, 0.25) is 0 Å². The highest BCUT2D eigenvalue weighted by Crippen LogP contribution is 2.25. The van der Waals surface area contributed by atoms with Gasteiger partial charge in [0.1, 0.15) is 6.29 Å². The van der Waals surface area contributed by atoms with Gasteiger partial charge in [0.15, 0.2) is 0 Å². The van der Waals surface area contributed by atoms with Crippen molar-refractivity contribution in [2.24, 2.45) is 0 Å². The molecule has 0 spiro atoms. The SMILES string of the molecule is O=CCC=Cc1cccc2ccsc12. The molecule has 0 N–H and O–H groups in total. The minimum absolute atomic E-state index is 0.488. The average Bonchev–Trinajstić information content (AvgIpc) is 2.67. The molecule has 0 aliphatic heterocycles. The zero-order chi connectivity index (χ0) is 9.80. The van der Waals surface area contributed by atoms with Crippen LogP contribution in [0.25, 0.3) is 16.2 Å². The summed E-state index contributed by atoms with van der Waals surface area (Å²) in [6.45, 7) is 0. The van der Waals surface area contributed by atoms with Crippen LogP contribution in [-0.2, 0) is 4.79 Å². The van der Waals surface area contributed by atoms with Gasteiger partial charge in [0.25, 0.3) is 0 Å². The molecule has 70 valence electrons. The summed E-state index contributed by atoms with van der Waals surface area (Å²) in [6, 6.07) is 8.32. The number of hydrogen-bond donors (Lipinski definition) is 0. The smallest absolute Gasteiger partial charge is 0.123 e. The van der Waals surface area contributed by atoms with E-state index in [1.165, 1.54) is 15.6 Å². The molecule has 14 heavy (non-hydrogen) atoms. The van der Waals surface area contributed by atoms with Crippen LogP contribution in [0, 0.1) is 0 Å². The molecular weight excluding hydrogens is 192 g/mol. The number of thiophene rings is 1. The molecule has 0 amide bonds. The molecule has 0 radical (unpaired) electrons. The van der Waals surface area contributed by atoms with Crippen molar-refractivity contribution in [3.8, 4) is 0 Å². The second-order valence-corrected chi connectivity index (χ2v) is 3.91. The van der Waals surface area contributed by atoms with Gasteiger partial charge in [0.05, 0.1) is 0 Å². The van der Waals surface area contributed by atoms with E-state index in [1.807, 2.05) is 18.2 Å². The van der Waals surface area contributed by atoms with Gasteiger partial charge in [-0.05, 0) is 22.4 Å². The summed E-state index contributed by atoms with van der Waals surface area (Å²) >= 11 is 1.73. The molecule has 0 saturated heterocycles. The molecular formula is C12H10OS. The molecule has 2 heteroatoms. The Balaban J connectivity index is 2.41. The summed E-state index contributed by atoms with van der Waals surface area (Å²) in [5, 5.41) is 3.35. The highest BCUT2D eigenvalue weighted by Gasteiger charge is 1.97. The van der Waals surface area contributed by atoms with E-state index < -0.39 is 0 Å². The van der Waals surface area contributed by atoms with Gasteiger partial charge in [-0.3, -0.25) is 0 Å². The molecule has 1 nitrogen and oxygen atoms in total. The van der Waals surface area contributed by atoms with Gasteiger partial charge < -0.3 is 4.79 Å². The van der Waals surface area contributed by atoms with Crippen molar-refractivity contribution in [1.82, 2.24) is 0 Å². The topological polar surface area (TPSA) is 17.1 Å². The first-order valence-corrected chi connectivity index (χ1v) is 5.36. The van der Waals surface area contributed by atoms with Crippen LogP contribution in [0.1, 0.15) is 12.0 Å². The summed E-state index contributed by atoms with van der Waals surface area (Å²) in [5.41, 5.74) is 1.19. The molecule has 0 aliphatic carbocycles. The first-order valence-electron chi connectivity index (χ1n) is 4.48. The minimum atomic E-state index is 0.488. The fourth-order valence-corrected chi connectivity index (χ4v) is 2.29. The van der Waals surface area contributed by atoms with Crippen LogP contribution in [0.5, 0.6) is 0 Å². The second kappa shape index (κ2) is 4.20. The first kappa shape index (κ1) is 9.16. The maximum atomic E-state index is 10.2. The number of hydrogen-bond acceptors (Lipinski definition) is 2. The Bertz CT molecular complexity index is 468. The van der Waals surface area contributed by atoms with Crippen LogP contribution in [0.15, 0.2) is 35.7 Å². The van der Waals surface area contributed by atoms with E-state index in [0.717, 1.165) is 6.29 Å². The predicted molar refractivity (Wildman–Crippen MR) is 61.5 cm³/mol. The van der Waals surface area contributed by atoms with E-state index in [-0.39, 0.29) is 0 Å². The second-order valence-electron chi connectivity index (χ2n) is 2.99. The molecule has 2 rings (SSSR count). The first-order chi connectivity index (χ1) is 6.92. The summed E-state index contributed by atoms with van der Waals surface area (Å²) in [4.78, 5) is 10.2. The van der Waals surface area contributed by atoms with Gasteiger partial charge in [-0.25, -0.2) is 0 Å². The standard InChI is InChI=1S/C12H10OS/c13-8-2-1-4-10-5-3-6-11-7-9-14-12(10)11/h1,3-9H,2H2. The van der Waals surface area contributed by atoms with E-state index in [2.05, 4.69) is 23.6 Å². The Hall–Kier alpha value is -1.41. The Morgan fingerprint density at radius 1 is 1.29 bits per heavy atom. The Labute approximate surface area is 86.7 Å². The molecule has 0 atom stereocenters. The number of carbonyl (C=O) groups excluding carboxylic acids is 1. The lowest BCUT2D eigenvalue weighted by molar-refractivity contribution is -0.107. The third-order valence-corrected chi connectivity index (χ3v) is 3.02. The van der Waals surface area contributed by atoms with Crippen molar-refractivity contribution in [3.63, 3.8) is 0 Å². The lowest BCUT2D eigenvalue weighted by Gasteiger charge is -1.94. The van der Waals surface area contributed by atoms with Crippen LogP contribution in [-0.4, -0.2) is 6.29 Å². The maximum absolute atomic E-state index is 10.2. The number of carbonyl (C=O) groups is 1. The van der Waals surface area contributed by atoms with E-state index in [9.17, 15) is 4.79 Å². The molecule has 1 aromatic heterocycles. The average molecular weight is 202 g/mol. The van der Waals surface area contributed by atoms with Gasteiger partial charge in [-0.15, -0.1) is 11.3 Å². The van der Waals surface area contributed by atoms with E-state index in [4.69, 9.17) is 0 Å².